The zero-order valence-corrected chi connectivity index (χ0v) is 16.0. The van der Waals surface area contributed by atoms with Gasteiger partial charge in [-0.2, -0.15) is 5.95 Å². The molecule has 1 saturated carbocycles. The van der Waals surface area contributed by atoms with E-state index in [9.17, 15) is 30.2 Å². The van der Waals surface area contributed by atoms with Crippen LogP contribution in [0.1, 0.15) is 33.6 Å². The van der Waals surface area contributed by atoms with Gasteiger partial charge in [0.25, 0.3) is 5.69 Å². The quantitative estimate of drug-likeness (QED) is 0.239. The molecule has 1 aromatic carbocycles. The van der Waals surface area contributed by atoms with Crippen molar-refractivity contribution in [1.29, 1.82) is 0 Å². The first-order valence-electron chi connectivity index (χ1n) is 8.63. The van der Waals surface area contributed by atoms with Gasteiger partial charge in [0, 0.05) is 17.2 Å². The highest BCUT2D eigenvalue weighted by Gasteiger charge is 2.55. The number of allylic oxidation sites excluding steroid dienone is 1. The number of hydrogen-bond acceptors (Lipinski definition) is 10. The van der Waals surface area contributed by atoms with E-state index >= 15 is 0 Å². The molecule has 0 amide bonds. The van der Waals surface area contributed by atoms with Crippen molar-refractivity contribution in [2.75, 3.05) is 10.7 Å². The summed E-state index contributed by atoms with van der Waals surface area (Å²) in [5.74, 6) is -3.39. The number of anilines is 2. The first-order valence-corrected chi connectivity index (χ1v) is 8.63. The van der Waals surface area contributed by atoms with E-state index in [-0.39, 0.29) is 35.1 Å². The van der Waals surface area contributed by atoms with Gasteiger partial charge in [0.1, 0.15) is 11.4 Å². The predicted molar refractivity (Wildman–Crippen MR) is 95.2 cm³/mol. The standard InChI is InChI=1S/C17H24N4O8/c1-16(2)10(14(22)23)6-7-17(16,3)13(15(24)25)19-18-11-5-4-9(20(26)27)8-12(11)21(28)29/h4-5,8,10,18-19,24-27H,6-7H2,1-3H3,(H,22,23)/p-2. The molecule has 1 aliphatic rings. The molecule has 0 bridgehead atoms. The van der Waals surface area contributed by atoms with Crippen molar-refractivity contribution in [3.63, 3.8) is 0 Å². The fourth-order valence-electron chi connectivity index (χ4n) is 3.83. The average molecular weight is 410 g/mol. The van der Waals surface area contributed by atoms with Crippen LogP contribution in [-0.4, -0.2) is 26.4 Å². The molecule has 2 unspecified atom stereocenters. The molecule has 2 rings (SSSR count). The summed E-state index contributed by atoms with van der Waals surface area (Å²) in [5, 5.41) is 62.1. The number of hydrazine groups is 1. The van der Waals surface area contributed by atoms with E-state index in [4.69, 9.17) is 10.4 Å². The zero-order valence-electron chi connectivity index (χ0n) is 16.0. The second-order valence-corrected chi connectivity index (χ2v) is 7.64. The lowest BCUT2D eigenvalue weighted by Gasteiger charge is -2.46. The first kappa shape index (κ1) is 22.0. The summed E-state index contributed by atoms with van der Waals surface area (Å²) < 4.78 is 0. The number of hydrogen-bond donors (Lipinski definition) is 5. The van der Waals surface area contributed by atoms with Gasteiger partial charge in [-0.3, -0.25) is 30.7 Å². The Labute approximate surface area is 165 Å². The number of nitrogens with zero attached hydrogens (tertiary/aromatic N) is 2. The van der Waals surface area contributed by atoms with Crippen LogP contribution in [0.15, 0.2) is 29.8 Å². The van der Waals surface area contributed by atoms with Crippen molar-refractivity contribution in [1.82, 2.24) is 5.43 Å². The van der Waals surface area contributed by atoms with E-state index in [0.717, 1.165) is 18.2 Å². The third kappa shape index (κ3) is 3.84. The number of benzene rings is 1. The second-order valence-electron chi connectivity index (χ2n) is 7.64. The first-order chi connectivity index (χ1) is 13.3. The SMILES string of the molecule is CC1(C(NNc2ccc(N(O)O)cc2[N+](=O)[O-])=C([O-])[O-])CCC(C(=O)O)C1(C)C. The van der Waals surface area contributed by atoms with Crippen LogP contribution in [0.2, 0.25) is 0 Å². The minimum absolute atomic E-state index is 0.145. The maximum Gasteiger partial charge on any atom is 0.307 e. The van der Waals surface area contributed by atoms with Gasteiger partial charge in [-0.05, 0) is 30.4 Å². The van der Waals surface area contributed by atoms with E-state index in [2.05, 4.69) is 10.9 Å². The Kier molecular flexibility index (Phi) is 5.81. The van der Waals surface area contributed by atoms with E-state index < -0.39 is 39.3 Å². The predicted octanol–water partition coefficient (Wildman–Crippen LogP) is 0.513. The monoisotopic (exact) mass is 410 g/mol. The number of aliphatic carboxylic acids is 1. The summed E-state index contributed by atoms with van der Waals surface area (Å²) in [5.41, 5.74) is 1.50. The highest BCUT2D eigenvalue weighted by Crippen LogP contribution is 2.59. The van der Waals surface area contributed by atoms with Gasteiger partial charge < -0.3 is 20.7 Å². The molecule has 0 heterocycles. The number of nitro groups is 1. The molecule has 12 heteroatoms. The summed E-state index contributed by atoms with van der Waals surface area (Å²) in [7, 11) is 0. The Bertz CT molecular complexity index is 850. The van der Waals surface area contributed by atoms with Gasteiger partial charge in [-0.25, -0.2) is 0 Å². The molecule has 0 radical (unpaired) electrons. The Morgan fingerprint density at radius 3 is 2.34 bits per heavy atom. The van der Waals surface area contributed by atoms with Crippen molar-refractivity contribution >= 4 is 23.0 Å². The maximum absolute atomic E-state index is 11.8. The van der Waals surface area contributed by atoms with Crippen LogP contribution in [0.5, 0.6) is 0 Å². The highest BCUT2D eigenvalue weighted by molar-refractivity contribution is 5.72. The van der Waals surface area contributed by atoms with Crippen LogP contribution in [0.3, 0.4) is 0 Å². The fraction of sp³-hybridized carbons (Fsp3) is 0.471. The molecule has 1 aliphatic carbocycles. The van der Waals surface area contributed by atoms with E-state index in [1.165, 1.54) is 0 Å². The van der Waals surface area contributed by atoms with Gasteiger partial charge in [0.2, 0.25) is 0 Å². The number of carbonyl (C=O) groups is 1. The van der Waals surface area contributed by atoms with Crippen molar-refractivity contribution in [3.05, 3.63) is 40.0 Å². The van der Waals surface area contributed by atoms with E-state index in [1.54, 1.807) is 20.8 Å². The summed E-state index contributed by atoms with van der Waals surface area (Å²) >= 11 is 0. The summed E-state index contributed by atoms with van der Waals surface area (Å²) in [6.07, 6.45) is 0.509. The Hall–Kier alpha value is -3.25. The molecule has 1 fully saturated rings. The third-order valence-corrected chi connectivity index (χ3v) is 6.01. The van der Waals surface area contributed by atoms with Crippen LogP contribution in [0.4, 0.5) is 17.1 Å². The van der Waals surface area contributed by atoms with Crippen LogP contribution in [0.25, 0.3) is 0 Å². The lowest BCUT2D eigenvalue weighted by Crippen LogP contribution is -2.46. The second kappa shape index (κ2) is 7.64. The summed E-state index contributed by atoms with van der Waals surface area (Å²) in [6, 6.07) is 3.16. The Morgan fingerprint density at radius 1 is 1.28 bits per heavy atom. The molecule has 160 valence electrons. The van der Waals surface area contributed by atoms with E-state index in [1.807, 2.05) is 0 Å². The van der Waals surface area contributed by atoms with Crippen molar-refractivity contribution < 1.29 is 35.5 Å². The molecule has 0 aliphatic heterocycles. The fourth-order valence-corrected chi connectivity index (χ4v) is 3.83. The van der Waals surface area contributed by atoms with Gasteiger partial charge in [-0.1, -0.05) is 20.8 Å². The minimum atomic E-state index is -1.57. The molecule has 1 aromatic rings. The van der Waals surface area contributed by atoms with E-state index in [0.29, 0.717) is 0 Å². The molecule has 5 N–H and O–H groups in total. The minimum Gasteiger partial charge on any atom is -0.883 e. The molecule has 0 spiro atoms. The largest absolute Gasteiger partial charge is 0.883 e. The third-order valence-electron chi connectivity index (χ3n) is 6.01. The average Bonchev–Trinajstić information content (AvgIpc) is 2.84. The van der Waals surface area contributed by atoms with Gasteiger partial charge >= 0.3 is 5.97 Å². The molecular formula is C17H22N4O8-2. The Balaban J connectivity index is 2.36. The lowest BCUT2D eigenvalue weighted by molar-refractivity contribution is -0.516. The van der Waals surface area contributed by atoms with Gasteiger partial charge in [0.15, 0.2) is 0 Å². The molecule has 2 atom stereocenters. The Morgan fingerprint density at radius 2 is 1.90 bits per heavy atom. The molecule has 29 heavy (non-hydrogen) atoms. The zero-order chi connectivity index (χ0) is 22.1. The lowest BCUT2D eigenvalue weighted by atomic mass is 9.64. The van der Waals surface area contributed by atoms with Crippen LogP contribution < -0.4 is 26.3 Å². The van der Waals surface area contributed by atoms with Gasteiger partial charge in [0.05, 0.1) is 10.8 Å². The molecule has 0 aromatic heterocycles. The number of nitrogens with one attached hydrogen (secondary N) is 2. The summed E-state index contributed by atoms with van der Waals surface area (Å²) in [6.45, 7) is 4.90. The maximum atomic E-state index is 11.8. The number of carboxylic acids is 1. The normalized spacial score (nSPS) is 22.6. The van der Waals surface area contributed by atoms with Crippen LogP contribution >= 0.6 is 0 Å². The molecular weight excluding hydrogens is 388 g/mol. The van der Waals surface area contributed by atoms with Crippen LogP contribution in [0, 0.1) is 26.9 Å². The smallest absolute Gasteiger partial charge is 0.307 e. The van der Waals surface area contributed by atoms with Crippen LogP contribution in [-0.2, 0) is 4.79 Å². The van der Waals surface area contributed by atoms with Crippen molar-refractivity contribution in [3.8, 4) is 0 Å². The molecule has 0 saturated heterocycles. The van der Waals surface area contributed by atoms with Gasteiger partial charge in [-0.15, -0.1) is 5.23 Å². The number of carboxylic acid groups (broad SMARTS) is 1. The number of nitro benzene ring substituents is 1. The molecule has 12 nitrogen and oxygen atoms in total. The summed E-state index contributed by atoms with van der Waals surface area (Å²) in [4.78, 5) is 22.0. The van der Waals surface area contributed by atoms with Crippen molar-refractivity contribution in [2.24, 2.45) is 16.7 Å². The topological polar surface area (TPSA) is 194 Å². The number of rotatable bonds is 7. The van der Waals surface area contributed by atoms with Crippen molar-refractivity contribution in [2.45, 2.75) is 33.6 Å². The highest BCUT2D eigenvalue weighted by atomic mass is 16.8.